The molecule has 2 atom stereocenters. The number of thioether (sulfide) groups is 1. The Labute approximate surface area is 174 Å². The van der Waals surface area contributed by atoms with Crippen LogP contribution in [0.1, 0.15) is 65.2 Å². The van der Waals surface area contributed by atoms with Crippen molar-refractivity contribution < 1.29 is 13.5 Å². The third kappa shape index (κ3) is 10.7. The van der Waals surface area contributed by atoms with E-state index in [-0.39, 0.29) is 17.0 Å². The number of halogens is 1. The van der Waals surface area contributed by atoms with E-state index >= 15 is 0 Å². The molecule has 1 aromatic carbocycles. The van der Waals surface area contributed by atoms with Crippen LogP contribution >= 0.6 is 23.4 Å². The summed E-state index contributed by atoms with van der Waals surface area (Å²) in [5.41, 5.74) is 0. The number of rotatable bonds is 15. The maximum absolute atomic E-state index is 12.7. The highest BCUT2D eigenvalue weighted by molar-refractivity contribution is 7.99. The van der Waals surface area contributed by atoms with Crippen LogP contribution in [0.4, 0.5) is 0 Å². The highest BCUT2D eigenvalue weighted by atomic mass is 35.5. The molecular weight excluding hydrogens is 402 g/mol. The van der Waals surface area contributed by atoms with Gasteiger partial charge in [-0.1, -0.05) is 51.1 Å². The van der Waals surface area contributed by atoms with Crippen molar-refractivity contribution >= 4 is 33.4 Å². The van der Waals surface area contributed by atoms with Crippen LogP contribution in [0.3, 0.4) is 0 Å². The van der Waals surface area contributed by atoms with Gasteiger partial charge in [-0.3, -0.25) is 0 Å². The van der Waals surface area contributed by atoms with Gasteiger partial charge in [0.15, 0.2) is 0 Å². The first-order chi connectivity index (χ1) is 12.9. The second-order valence-electron chi connectivity index (χ2n) is 6.93. The van der Waals surface area contributed by atoms with Gasteiger partial charge in [0.2, 0.25) is 10.0 Å². The van der Waals surface area contributed by atoms with Crippen molar-refractivity contribution in [3.8, 4) is 0 Å². The molecule has 0 fully saturated rings. The fourth-order valence-electron chi connectivity index (χ4n) is 2.73. The molecule has 0 amide bonds. The number of sulfonamides is 1. The fraction of sp³-hybridized carbons (Fsp3) is 0.700. The molecule has 0 aliphatic carbocycles. The quantitative estimate of drug-likeness (QED) is 0.369. The van der Waals surface area contributed by atoms with Gasteiger partial charge in [-0.05, 0) is 55.7 Å². The Morgan fingerprint density at radius 3 is 2.33 bits per heavy atom. The van der Waals surface area contributed by atoms with Crippen LogP contribution < -0.4 is 4.72 Å². The lowest BCUT2D eigenvalue weighted by Gasteiger charge is -2.20. The van der Waals surface area contributed by atoms with E-state index in [1.165, 1.54) is 25.0 Å². The number of aliphatic hydroxyl groups excluding tert-OH is 1. The first-order valence-corrected chi connectivity index (χ1v) is 12.9. The normalized spacial score (nSPS) is 14.2. The van der Waals surface area contributed by atoms with E-state index in [1.54, 1.807) is 23.9 Å². The summed E-state index contributed by atoms with van der Waals surface area (Å²) < 4.78 is 28.2. The van der Waals surface area contributed by atoms with Gasteiger partial charge in [0.05, 0.1) is 11.0 Å². The molecule has 1 aromatic rings. The summed E-state index contributed by atoms with van der Waals surface area (Å²) in [6, 6.07) is 6.02. The van der Waals surface area contributed by atoms with Crippen molar-refractivity contribution in [1.82, 2.24) is 4.72 Å². The largest absolute Gasteiger partial charge is 0.393 e. The fourth-order valence-corrected chi connectivity index (χ4v) is 5.35. The van der Waals surface area contributed by atoms with E-state index in [1.807, 2.05) is 0 Å². The number of hydrogen-bond acceptors (Lipinski definition) is 4. The van der Waals surface area contributed by atoms with Gasteiger partial charge in [-0.25, -0.2) is 13.1 Å². The van der Waals surface area contributed by atoms with E-state index in [0.717, 1.165) is 37.2 Å². The molecule has 4 nitrogen and oxygen atoms in total. The van der Waals surface area contributed by atoms with E-state index in [2.05, 4.69) is 18.6 Å². The van der Waals surface area contributed by atoms with Crippen molar-refractivity contribution in [3.05, 3.63) is 29.3 Å². The highest BCUT2D eigenvalue weighted by Crippen LogP contribution is 2.18. The van der Waals surface area contributed by atoms with E-state index in [9.17, 15) is 13.5 Å². The molecule has 0 aliphatic heterocycles. The zero-order valence-electron chi connectivity index (χ0n) is 16.5. The minimum atomic E-state index is -3.59. The molecule has 0 spiro atoms. The van der Waals surface area contributed by atoms with Gasteiger partial charge in [-0.15, -0.1) is 0 Å². The van der Waals surface area contributed by atoms with Crippen molar-refractivity contribution in [2.24, 2.45) is 0 Å². The lowest BCUT2D eigenvalue weighted by atomic mass is 10.1. The van der Waals surface area contributed by atoms with E-state index in [4.69, 9.17) is 11.6 Å². The molecule has 156 valence electrons. The van der Waals surface area contributed by atoms with Crippen LogP contribution in [0.25, 0.3) is 0 Å². The molecule has 1 rings (SSSR count). The second-order valence-corrected chi connectivity index (χ2v) is 10.2. The molecule has 0 heterocycles. The zero-order valence-corrected chi connectivity index (χ0v) is 18.9. The lowest BCUT2D eigenvalue weighted by molar-refractivity contribution is 0.146. The molecule has 2 unspecified atom stereocenters. The zero-order chi connectivity index (χ0) is 20.1. The summed E-state index contributed by atoms with van der Waals surface area (Å²) in [6.45, 7) is 4.27. The van der Waals surface area contributed by atoms with Gasteiger partial charge in [0, 0.05) is 16.8 Å². The summed E-state index contributed by atoms with van der Waals surface area (Å²) in [4.78, 5) is 0.222. The number of benzene rings is 1. The third-order valence-electron chi connectivity index (χ3n) is 4.40. The number of unbranched alkanes of at least 4 members (excludes halogenated alkanes) is 3. The maximum atomic E-state index is 12.7. The van der Waals surface area contributed by atoms with Gasteiger partial charge >= 0.3 is 0 Å². The topological polar surface area (TPSA) is 66.4 Å². The number of nitrogens with one attached hydrogen (secondary N) is 1. The molecule has 0 aliphatic rings. The average molecular weight is 436 g/mol. The summed E-state index contributed by atoms with van der Waals surface area (Å²) >= 11 is 7.64. The van der Waals surface area contributed by atoms with Crippen LogP contribution in [0.2, 0.25) is 5.02 Å². The minimum absolute atomic E-state index is 0.186. The Balaban J connectivity index is 2.66. The van der Waals surface area contributed by atoms with Gasteiger partial charge in [0.25, 0.3) is 0 Å². The molecule has 0 aromatic heterocycles. The summed E-state index contributed by atoms with van der Waals surface area (Å²) in [7, 11) is -3.59. The van der Waals surface area contributed by atoms with Crippen LogP contribution in [-0.2, 0) is 10.0 Å². The van der Waals surface area contributed by atoms with Crippen LogP contribution in [0, 0.1) is 0 Å². The molecular formula is C20H34ClNO3S2. The van der Waals surface area contributed by atoms with Crippen molar-refractivity contribution in [1.29, 1.82) is 0 Å². The molecule has 0 radical (unpaired) electrons. The predicted octanol–water partition coefficient (Wildman–Crippen LogP) is 5.24. The second kappa shape index (κ2) is 13.8. The van der Waals surface area contributed by atoms with Crippen LogP contribution in [0.5, 0.6) is 0 Å². The summed E-state index contributed by atoms with van der Waals surface area (Å²) in [5.74, 6) is 1.75. The lowest BCUT2D eigenvalue weighted by Crippen LogP contribution is -2.37. The van der Waals surface area contributed by atoms with Crippen molar-refractivity contribution in [2.75, 3.05) is 11.5 Å². The maximum Gasteiger partial charge on any atom is 0.240 e. The summed E-state index contributed by atoms with van der Waals surface area (Å²) in [6.07, 6.45) is 7.24. The van der Waals surface area contributed by atoms with E-state index in [0.29, 0.717) is 17.9 Å². The summed E-state index contributed by atoms with van der Waals surface area (Å²) in [5, 5.41) is 10.6. The highest BCUT2D eigenvalue weighted by Gasteiger charge is 2.21. The van der Waals surface area contributed by atoms with E-state index < -0.39 is 10.0 Å². The third-order valence-corrected chi connectivity index (χ3v) is 7.40. The number of hydrogen-bond donors (Lipinski definition) is 2. The first kappa shape index (κ1) is 24.8. The van der Waals surface area contributed by atoms with Crippen molar-refractivity contribution in [3.63, 3.8) is 0 Å². The number of aliphatic hydroxyl groups is 1. The Bertz CT molecular complexity index is 608. The SMILES string of the molecule is CCCCCSCC(CCC(O)CCCC)NS(=O)(=O)c1ccc(Cl)cc1. The molecule has 27 heavy (non-hydrogen) atoms. The monoisotopic (exact) mass is 435 g/mol. The first-order valence-electron chi connectivity index (χ1n) is 9.92. The molecule has 0 bridgehead atoms. The van der Waals surface area contributed by atoms with Crippen molar-refractivity contribution in [2.45, 2.75) is 82.3 Å². The Kier molecular flexibility index (Phi) is 12.7. The van der Waals surface area contributed by atoms with Gasteiger partial charge in [-0.2, -0.15) is 11.8 Å². The standard InChI is InChI=1S/C20H34ClNO3S2/c1-3-5-7-15-26-16-18(11-12-19(23)8-6-4-2)22-27(24,25)20-13-9-17(21)10-14-20/h9-10,13-14,18-19,22-23H,3-8,11-12,15-16H2,1-2H3. The van der Waals surface area contributed by atoms with Gasteiger partial charge in [0.1, 0.15) is 0 Å². The predicted molar refractivity (Wildman–Crippen MR) is 117 cm³/mol. The molecule has 0 saturated heterocycles. The smallest absolute Gasteiger partial charge is 0.240 e. The Hall–Kier alpha value is -0.270. The van der Waals surface area contributed by atoms with Crippen LogP contribution in [-0.4, -0.2) is 37.2 Å². The Morgan fingerprint density at radius 2 is 1.70 bits per heavy atom. The molecule has 7 heteroatoms. The van der Waals surface area contributed by atoms with Crippen LogP contribution in [0.15, 0.2) is 29.2 Å². The molecule has 0 saturated carbocycles. The van der Waals surface area contributed by atoms with Gasteiger partial charge < -0.3 is 5.11 Å². The minimum Gasteiger partial charge on any atom is -0.393 e. The average Bonchev–Trinajstić information content (AvgIpc) is 2.64. The molecule has 2 N–H and O–H groups in total. The Morgan fingerprint density at radius 1 is 1.04 bits per heavy atom.